The van der Waals surface area contributed by atoms with Crippen LogP contribution in [0, 0.1) is 6.92 Å². The van der Waals surface area contributed by atoms with Gasteiger partial charge in [-0.05, 0) is 22.9 Å². The number of aryl methyl sites for hydroxylation is 2. The molecule has 4 nitrogen and oxygen atoms in total. The van der Waals surface area contributed by atoms with Gasteiger partial charge in [-0.2, -0.15) is 0 Å². The van der Waals surface area contributed by atoms with Crippen LogP contribution in [-0.4, -0.2) is 22.0 Å². The number of thiazole rings is 1. The quantitative estimate of drug-likeness (QED) is 0.809. The van der Waals surface area contributed by atoms with Gasteiger partial charge in [0.2, 0.25) is 0 Å². The van der Waals surface area contributed by atoms with Crippen LogP contribution in [0.1, 0.15) is 23.3 Å². The Kier molecular flexibility index (Phi) is 4.29. The van der Waals surface area contributed by atoms with Crippen molar-refractivity contribution >= 4 is 33.1 Å². The molecule has 0 saturated carbocycles. The molecule has 18 heavy (non-hydrogen) atoms. The second-order valence-electron chi connectivity index (χ2n) is 4.04. The Morgan fingerprint density at radius 1 is 1.39 bits per heavy atom. The molecule has 0 atom stereocenters. The smallest absolute Gasteiger partial charge is 0.133 e. The summed E-state index contributed by atoms with van der Waals surface area (Å²) in [5.41, 5.74) is 2.97. The van der Waals surface area contributed by atoms with Gasteiger partial charge in [-0.1, -0.05) is 6.92 Å². The summed E-state index contributed by atoms with van der Waals surface area (Å²) in [6.45, 7) is 4.91. The molecule has 0 bridgehead atoms. The van der Waals surface area contributed by atoms with E-state index in [1.807, 2.05) is 25.5 Å². The molecule has 0 spiro atoms. The van der Waals surface area contributed by atoms with Crippen molar-refractivity contribution in [2.75, 3.05) is 11.9 Å². The van der Waals surface area contributed by atoms with E-state index in [0.717, 1.165) is 34.9 Å². The first kappa shape index (κ1) is 13.4. The third-order valence-electron chi connectivity index (χ3n) is 2.66. The Hall–Kier alpha value is -1.01. The number of nitrogens with zero attached hydrogens (tertiary/aromatic N) is 4. The van der Waals surface area contributed by atoms with Gasteiger partial charge in [-0.3, -0.25) is 0 Å². The van der Waals surface area contributed by atoms with E-state index in [1.54, 1.807) is 11.3 Å². The number of rotatable bonds is 4. The van der Waals surface area contributed by atoms with Crippen LogP contribution in [0.15, 0.2) is 16.2 Å². The zero-order valence-electron chi connectivity index (χ0n) is 10.6. The first-order valence-electron chi connectivity index (χ1n) is 5.73. The summed E-state index contributed by atoms with van der Waals surface area (Å²) < 4.78 is 0.831. The highest BCUT2D eigenvalue weighted by Crippen LogP contribution is 2.20. The fraction of sp³-hybridized carbons (Fsp3) is 0.417. The minimum absolute atomic E-state index is 0.823. The SMILES string of the molecule is CCc1nc(Br)cc(N(C)Cc2scnc2C)n1. The van der Waals surface area contributed by atoms with E-state index >= 15 is 0 Å². The van der Waals surface area contributed by atoms with Crippen LogP contribution in [-0.2, 0) is 13.0 Å². The molecule has 0 unspecified atom stereocenters. The number of aromatic nitrogens is 3. The van der Waals surface area contributed by atoms with E-state index in [4.69, 9.17) is 0 Å². The fourth-order valence-corrected chi connectivity index (χ4v) is 2.82. The standard InChI is InChI=1S/C12H15BrN4S/c1-4-11-15-10(13)5-12(16-11)17(3)6-9-8(2)14-7-18-9/h5,7H,4,6H2,1-3H3. The highest BCUT2D eigenvalue weighted by molar-refractivity contribution is 9.10. The molecule has 0 N–H and O–H groups in total. The molecule has 6 heteroatoms. The van der Waals surface area contributed by atoms with Gasteiger partial charge in [0.25, 0.3) is 0 Å². The summed E-state index contributed by atoms with van der Waals surface area (Å²) in [5, 5.41) is 0. The van der Waals surface area contributed by atoms with Crippen molar-refractivity contribution in [2.24, 2.45) is 0 Å². The summed E-state index contributed by atoms with van der Waals surface area (Å²) in [6, 6.07) is 1.94. The fourth-order valence-electron chi connectivity index (χ4n) is 1.58. The second-order valence-corrected chi connectivity index (χ2v) is 5.79. The molecule has 0 aliphatic carbocycles. The van der Waals surface area contributed by atoms with Crippen molar-refractivity contribution in [3.63, 3.8) is 0 Å². The molecule has 0 fully saturated rings. The molecule has 96 valence electrons. The molecule has 2 rings (SSSR count). The predicted molar refractivity (Wildman–Crippen MR) is 78.1 cm³/mol. The van der Waals surface area contributed by atoms with Crippen molar-refractivity contribution in [2.45, 2.75) is 26.8 Å². The summed E-state index contributed by atoms with van der Waals surface area (Å²) >= 11 is 5.11. The third-order valence-corrected chi connectivity index (χ3v) is 3.99. The van der Waals surface area contributed by atoms with Crippen molar-refractivity contribution in [1.82, 2.24) is 15.0 Å². The Morgan fingerprint density at radius 3 is 2.78 bits per heavy atom. The maximum Gasteiger partial charge on any atom is 0.133 e. The Labute approximate surface area is 119 Å². The van der Waals surface area contributed by atoms with Gasteiger partial charge >= 0.3 is 0 Å². The van der Waals surface area contributed by atoms with Crippen molar-refractivity contribution in [1.29, 1.82) is 0 Å². The first-order valence-corrected chi connectivity index (χ1v) is 7.41. The van der Waals surface area contributed by atoms with Crippen LogP contribution in [0.3, 0.4) is 0 Å². The molecule has 0 aromatic carbocycles. The lowest BCUT2D eigenvalue weighted by Crippen LogP contribution is -2.18. The zero-order valence-corrected chi connectivity index (χ0v) is 13.0. The topological polar surface area (TPSA) is 41.9 Å². The summed E-state index contributed by atoms with van der Waals surface area (Å²) in [4.78, 5) is 16.5. The van der Waals surface area contributed by atoms with Gasteiger partial charge < -0.3 is 4.90 Å². The van der Waals surface area contributed by atoms with E-state index in [-0.39, 0.29) is 0 Å². The Bertz CT molecular complexity index is 541. The number of halogens is 1. The molecule has 2 heterocycles. The highest BCUT2D eigenvalue weighted by Gasteiger charge is 2.10. The van der Waals surface area contributed by atoms with Gasteiger partial charge in [0.15, 0.2) is 0 Å². The lowest BCUT2D eigenvalue weighted by Gasteiger charge is -2.18. The molecule has 2 aromatic rings. The largest absolute Gasteiger partial charge is 0.354 e. The molecule has 2 aromatic heterocycles. The third kappa shape index (κ3) is 3.05. The van der Waals surface area contributed by atoms with E-state index in [9.17, 15) is 0 Å². The summed E-state index contributed by atoms with van der Waals surface area (Å²) in [5.74, 6) is 1.79. The molecule has 0 aliphatic heterocycles. The predicted octanol–water partition coefficient (Wildman–Crippen LogP) is 3.20. The molecule has 0 saturated heterocycles. The lowest BCUT2D eigenvalue weighted by molar-refractivity contribution is 0.855. The molecular formula is C12H15BrN4S. The van der Waals surface area contributed by atoms with Crippen LogP contribution in [0.5, 0.6) is 0 Å². The second kappa shape index (κ2) is 5.75. The van der Waals surface area contributed by atoms with Gasteiger partial charge in [0, 0.05) is 24.4 Å². The maximum absolute atomic E-state index is 4.53. The number of hydrogen-bond donors (Lipinski definition) is 0. The zero-order chi connectivity index (χ0) is 13.1. The summed E-state index contributed by atoms with van der Waals surface area (Å²) in [7, 11) is 2.04. The van der Waals surface area contributed by atoms with Crippen LogP contribution in [0.4, 0.5) is 5.82 Å². The molecular weight excluding hydrogens is 312 g/mol. The minimum atomic E-state index is 0.823. The normalized spacial score (nSPS) is 10.7. The van der Waals surface area contributed by atoms with Crippen molar-refractivity contribution in [3.05, 3.63) is 32.6 Å². The average Bonchev–Trinajstić information content (AvgIpc) is 2.74. The number of hydrogen-bond acceptors (Lipinski definition) is 5. The van der Waals surface area contributed by atoms with Crippen LogP contribution in [0.2, 0.25) is 0 Å². The van der Waals surface area contributed by atoms with E-state index in [0.29, 0.717) is 0 Å². The van der Waals surface area contributed by atoms with Gasteiger partial charge in [0.1, 0.15) is 16.2 Å². The van der Waals surface area contributed by atoms with Gasteiger partial charge in [-0.25, -0.2) is 15.0 Å². The van der Waals surface area contributed by atoms with Crippen LogP contribution < -0.4 is 4.90 Å². The summed E-state index contributed by atoms with van der Waals surface area (Å²) in [6.07, 6.45) is 0.833. The van der Waals surface area contributed by atoms with Crippen LogP contribution >= 0.6 is 27.3 Å². The molecule has 0 radical (unpaired) electrons. The van der Waals surface area contributed by atoms with E-state index in [2.05, 4.69) is 42.7 Å². The maximum atomic E-state index is 4.53. The van der Waals surface area contributed by atoms with Crippen molar-refractivity contribution in [3.8, 4) is 0 Å². The number of anilines is 1. The molecule has 0 aliphatic rings. The Balaban J connectivity index is 2.20. The van der Waals surface area contributed by atoms with E-state index < -0.39 is 0 Å². The van der Waals surface area contributed by atoms with Gasteiger partial charge in [-0.15, -0.1) is 11.3 Å². The monoisotopic (exact) mass is 326 g/mol. The molecule has 0 amide bonds. The van der Waals surface area contributed by atoms with Gasteiger partial charge in [0.05, 0.1) is 17.7 Å². The minimum Gasteiger partial charge on any atom is -0.354 e. The highest BCUT2D eigenvalue weighted by atomic mass is 79.9. The van der Waals surface area contributed by atoms with E-state index in [1.165, 1.54) is 4.88 Å². The first-order chi connectivity index (χ1) is 8.60. The lowest BCUT2D eigenvalue weighted by atomic mass is 10.3. The van der Waals surface area contributed by atoms with Crippen LogP contribution in [0.25, 0.3) is 0 Å². The van der Waals surface area contributed by atoms with Crippen molar-refractivity contribution < 1.29 is 0 Å². The average molecular weight is 327 g/mol. The Morgan fingerprint density at radius 2 is 2.17 bits per heavy atom.